The van der Waals surface area contributed by atoms with Crippen LogP contribution in [0.5, 0.6) is 5.75 Å². The maximum Gasteiger partial charge on any atom is 0.122 e. The van der Waals surface area contributed by atoms with Gasteiger partial charge in [-0.25, -0.2) is 0 Å². The summed E-state index contributed by atoms with van der Waals surface area (Å²) >= 11 is 0. The van der Waals surface area contributed by atoms with Gasteiger partial charge >= 0.3 is 0 Å². The number of nitrogens with zero attached hydrogens (tertiary/aromatic N) is 1. The van der Waals surface area contributed by atoms with Crippen molar-refractivity contribution in [1.82, 2.24) is 4.90 Å². The molecule has 2 N–H and O–H groups in total. The van der Waals surface area contributed by atoms with Gasteiger partial charge in [0.15, 0.2) is 0 Å². The molecule has 1 aromatic carbocycles. The van der Waals surface area contributed by atoms with Crippen molar-refractivity contribution in [2.24, 2.45) is 5.73 Å². The molecule has 0 aliphatic heterocycles. The summed E-state index contributed by atoms with van der Waals surface area (Å²) in [5, 5.41) is 0. The predicted molar refractivity (Wildman–Crippen MR) is 77.0 cm³/mol. The van der Waals surface area contributed by atoms with Crippen LogP contribution in [0.15, 0.2) is 18.2 Å². The van der Waals surface area contributed by atoms with E-state index in [1.807, 2.05) is 6.92 Å². The molecular weight excluding hydrogens is 224 g/mol. The summed E-state index contributed by atoms with van der Waals surface area (Å²) in [6, 6.07) is 6.57. The van der Waals surface area contributed by atoms with Crippen molar-refractivity contribution in [2.45, 2.75) is 39.8 Å². The summed E-state index contributed by atoms with van der Waals surface area (Å²) in [4.78, 5) is 2.40. The number of hydrogen-bond acceptors (Lipinski definition) is 3. The second kappa shape index (κ2) is 7.39. The Bertz CT molecular complexity index is 360. The first-order valence-electron chi connectivity index (χ1n) is 6.74. The predicted octanol–water partition coefficient (Wildman–Crippen LogP) is 2.43. The quantitative estimate of drug-likeness (QED) is 0.807. The van der Waals surface area contributed by atoms with Gasteiger partial charge in [0.1, 0.15) is 5.75 Å². The fourth-order valence-electron chi connectivity index (χ4n) is 2.14. The molecule has 0 aliphatic rings. The van der Waals surface area contributed by atoms with Crippen LogP contribution in [0.4, 0.5) is 0 Å². The van der Waals surface area contributed by atoms with Crippen LogP contribution in [-0.2, 0) is 13.0 Å². The van der Waals surface area contributed by atoms with Crippen LogP contribution in [0.25, 0.3) is 0 Å². The third-order valence-electron chi connectivity index (χ3n) is 3.19. The van der Waals surface area contributed by atoms with E-state index in [0.29, 0.717) is 0 Å². The van der Waals surface area contributed by atoms with Crippen molar-refractivity contribution >= 4 is 0 Å². The average Bonchev–Trinajstić information content (AvgIpc) is 2.35. The number of ether oxygens (including phenoxy) is 1. The number of hydrogen-bond donors (Lipinski definition) is 1. The van der Waals surface area contributed by atoms with Gasteiger partial charge in [0, 0.05) is 12.6 Å². The fourth-order valence-corrected chi connectivity index (χ4v) is 2.14. The summed E-state index contributed by atoms with van der Waals surface area (Å²) in [6.45, 7) is 9.54. The highest BCUT2D eigenvalue weighted by molar-refractivity contribution is 5.37. The van der Waals surface area contributed by atoms with E-state index in [0.717, 1.165) is 31.8 Å². The van der Waals surface area contributed by atoms with E-state index in [1.54, 1.807) is 7.11 Å². The number of nitrogens with two attached hydrogens (primary N) is 1. The third-order valence-corrected chi connectivity index (χ3v) is 3.19. The van der Waals surface area contributed by atoms with Gasteiger partial charge in [0.25, 0.3) is 0 Å². The lowest BCUT2D eigenvalue weighted by molar-refractivity contribution is 0.295. The first kappa shape index (κ1) is 15.0. The minimum atomic E-state index is 0.155. The minimum Gasteiger partial charge on any atom is -0.496 e. The molecule has 1 atom stereocenters. The molecule has 18 heavy (non-hydrogen) atoms. The molecular formula is C15H26N2O. The summed E-state index contributed by atoms with van der Waals surface area (Å²) in [5.41, 5.74) is 8.42. The topological polar surface area (TPSA) is 38.5 Å². The monoisotopic (exact) mass is 250 g/mol. The van der Waals surface area contributed by atoms with E-state index in [9.17, 15) is 0 Å². The maximum absolute atomic E-state index is 5.89. The fraction of sp³-hybridized carbons (Fsp3) is 0.600. The third kappa shape index (κ3) is 4.31. The Morgan fingerprint density at radius 1 is 1.28 bits per heavy atom. The summed E-state index contributed by atoms with van der Waals surface area (Å²) < 4.78 is 5.39. The van der Waals surface area contributed by atoms with Crippen molar-refractivity contribution in [3.63, 3.8) is 0 Å². The van der Waals surface area contributed by atoms with Gasteiger partial charge in [-0.2, -0.15) is 0 Å². The van der Waals surface area contributed by atoms with Crippen LogP contribution < -0.4 is 10.5 Å². The van der Waals surface area contributed by atoms with Crippen LogP contribution in [0.2, 0.25) is 0 Å². The van der Waals surface area contributed by atoms with Crippen LogP contribution >= 0.6 is 0 Å². The lowest BCUT2D eigenvalue weighted by atomic mass is 10.0. The second-order valence-electron chi connectivity index (χ2n) is 4.79. The second-order valence-corrected chi connectivity index (χ2v) is 4.79. The highest BCUT2D eigenvalue weighted by Gasteiger charge is 2.08. The van der Waals surface area contributed by atoms with Gasteiger partial charge < -0.3 is 10.5 Å². The Morgan fingerprint density at radius 3 is 2.44 bits per heavy atom. The van der Waals surface area contributed by atoms with Crippen LogP contribution in [0.1, 0.15) is 31.9 Å². The molecule has 3 nitrogen and oxygen atoms in total. The number of benzene rings is 1. The van der Waals surface area contributed by atoms with Gasteiger partial charge in [-0.05, 0) is 43.6 Å². The zero-order valence-corrected chi connectivity index (χ0v) is 12.1. The maximum atomic E-state index is 5.89. The zero-order chi connectivity index (χ0) is 13.5. The highest BCUT2D eigenvalue weighted by atomic mass is 16.5. The molecule has 0 aromatic heterocycles. The Kier molecular flexibility index (Phi) is 6.16. The number of methoxy groups -OCH3 is 1. The molecule has 3 heteroatoms. The number of rotatable bonds is 7. The van der Waals surface area contributed by atoms with E-state index in [1.165, 1.54) is 11.1 Å². The van der Waals surface area contributed by atoms with Crippen LogP contribution in [0, 0.1) is 0 Å². The lowest BCUT2D eigenvalue weighted by Gasteiger charge is -2.19. The van der Waals surface area contributed by atoms with Crippen molar-refractivity contribution in [3.05, 3.63) is 29.3 Å². The highest BCUT2D eigenvalue weighted by Crippen LogP contribution is 2.22. The van der Waals surface area contributed by atoms with Gasteiger partial charge in [-0.3, -0.25) is 4.90 Å². The standard InChI is InChI=1S/C15H26N2O/c1-5-17(6-2)11-13-7-8-15(18-4)14(10-13)9-12(3)16/h7-8,10,12H,5-6,9,11,16H2,1-4H3. The first-order valence-corrected chi connectivity index (χ1v) is 6.74. The van der Waals surface area contributed by atoms with E-state index in [4.69, 9.17) is 10.5 Å². The molecule has 0 saturated carbocycles. The lowest BCUT2D eigenvalue weighted by Crippen LogP contribution is -2.22. The zero-order valence-electron chi connectivity index (χ0n) is 12.1. The van der Waals surface area contributed by atoms with Crippen molar-refractivity contribution in [3.8, 4) is 5.75 Å². The van der Waals surface area contributed by atoms with E-state index < -0.39 is 0 Å². The molecule has 102 valence electrons. The molecule has 0 fully saturated rings. The van der Waals surface area contributed by atoms with Gasteiger partial charge in [0.05, 0.1) is 7.11 Å². The minimum absolute atomic E-state index is 0.155. The Balaban J connectivity index is 2.87. The normalized spacial score (nSPS) is 12.8. The molecule has 0 spiro atoms. The molecule has 0 aliphatic carbocycles. The average molecular weight is 250 g/mol. The molecule has 0 amide bonds. The Hall–Kier alpha value is -1.06. The molecule has 1 aromatic rings. The largest absolute Gasteiger partial charge is 0.496 e. The van der Waals surface area contributed by atoms with E-state index in [2.05, 4.69) is 36.9 Å². The van der Waals surface area contributed by atoms with Gasteiger partial charge in [-0.15, -0.1) is 0 Å². The van der Waals surface area contributed by atoms with Crippen LogP contribution in [0.3, 0.4) is 0 Å². The smallest absolute Gasteiger partial charge is 0.122 e. The van der Waals surface area contributed by atoms with E-state index in [-0.39, 0.29) is 6.04 Å². The van der Waals surface area contributed by atoms with Gasteiger partial charge in [0.2, 0.25) is 0 Å². The molecule has 0 radical (unpaired) electrons. The SMILES string of the molecule is CCN(CC)Cc1ccc(OC)c(CC(C)N)c1. The first-order chi connectivity index (χ1) is 8.60. The summed E-state index contributed by atoms with van der Waals surface area (Å²) in [7, 11) is 1.71. The Labute approximate surface area is 111 Å². The van der Waals surface area contributed by atoms with Crippen molar-refractivity contribution < 1.29 is 4.74 Å². The molecule has 1 unspecified atom stereocenters. The molecule has 0 bridgehead atoms. The molecule has 0 heterocycles. The van der Waals surface area contributed by atoms with Crippen LogP contribution in [-0.4, -0.2) is 31.1 Å². The van der Waals surface area contributed by atoms with Gasteiger partial charge in [-0.1, -0.05) is 26.0 Å². The Morgan fingerprint density at radius 2 is 1.94 bits per heavy atom. The molecule has 0 saturated heterocycles. The van der Waals surface area contributed by atoms with Crippen molar-refractivity contribution in [1.29, 1.82) is 0 Å². The van der Waals surface area contributed by atoms with E-state index >= 15 is 0 Å². The van der Waals surface area contributed by atoms with Crippen molar-refractivity contribution in [2.75, 3.05) is 20.2 Å². The summed E-state index contributed by atoms with van der Waals surface area (Å²) in [5.74, 6) is 0.940. The molecule has 1 rings (SSSR count). The summed E-state index contributed by atoms with van der Waals surface area (Å²) in [6.07, 6.45) is 0.856.